The lowest BCUT2D eigenvalue weighted by atomic mass is 10.1. The van der Waals surface area contributed by atoms with Gasteiger partial charge in [-0.2, -0.15) is 0 Å². The van der Waals surface area contributed by atoms with Gasteiger partial charge in [-0.15, -0.1) is 0 Å². The number of carbonyl (C=O) groups excluding carboxylic acids is 2. The predicted octanol–water partition coefficient (Wildman–Crippen LogP) is 0.917. The van der Waals surface area contributed by atoms with Crippen molar-refractivity contribution in [3.63, 3.8) is 0 Å². The molecular weight excluding hydrogens is 266 g/mol. The van der Waals surface area contributed by atoms with Crippen LogP contribution >= 0.6 is 0 Å². The van der Waals surface area contributed by atoms with Crippen molar-refractivity contribution in [2.24, 2.45) is 0 Å². The fraction of sp³-hybridized carbons (Fsp3) is 0.500. The van der Waals surface area contributed by atoms with E-state index in [0.717, 1.165) is 31.5 Å². The number of fused-ring (bicyclic) bond motifs is 1. The Kier molecular flexibility index (Phi) is 3.92. The smallest absolute Gasteiger partial charge is 0.243 e. The molecule has 2 amide bonds. The molecule has 1 aromatic carbocycles. The fourth-order valence-electron chi connectivity index (χ4n) is 3.18. The summed E-state index contributed by atoms with van der Waals surface area (Å²) in [6.45, 7) is 4.57. The Morgan fingerprint density at radius 3 is 2.95 bits per heavy atom. The number of hydrogen-bond acceptors (Lipinski definition) is 3. The highest BCUT2D eigenvalue weighted by Gasteiger charge is 2.32. The average molecular weight is 287 g/mol. The van der Waals surface area contributed by atoms with E-state index in [1.54, 1.807) is 4.90 Å². The Balaban J connectivity index is 1.60. The van der Waals surface area contributed by atoms with E-state index in [-0.39, 0.29) is 17.9 Å². The molecule has 112 valence electrons. The van der Waals surface area contributed by atoms with Gasteiger partial charge in [0, 0.05) is 33.1 Å². The lowest BCUT2D eigenvalue weighted by Crippen LogP contribution is -2.44. The standard InChI is InChI=1S/C16H21N3O2/c1-11(20)19-6-2-3-15(19)16(21)18-8-12-4-5-13-9-17-10-14(13)7-12/h4-5,7,15,17H,2-3,6,8-10H2,1H3,(H,18,21). The minimum Gasteiger partial charge on any atom is -0.350 e. The number of hydrogen-bond donors (Lipinski definition) is 2. The summed E-state index contributed by atoms with van der Waals surface area (Å²) in [4.78, 5) is 25.4. The maximum atomic E-state index is 12.2. The molecule has 0 saturated carbocycles. The summed E-state index contributed by atoms with van der Waals surface area (Å²) in [5.74, 6) is -0.0578. The van der Waals surface area contributed by atoms with Crippen LogP contribution in [0.1, 0.15) is 36.5 Å². The molecule has 1 aromatic rings. The first-order valence-electron chi connectivity index (χ1n) is 7.51. The molecule has 2 aliphatic rings. The first-order valence-corrected chi connectivity index (χ1v) is 7.51. The summed E-state index contributed by atoms with van der Waals surface area (Å²) >= 11 is 0. The minimum atomic E-state index is -0.293. The molecule has 1 unspecified atom stereocenters. The molecule has 0 bridgehead atoms. The minimum absolute atomic E-state index is 0.0174. The molecular formula is C16H21N3O2. The zero-order chi connectivity index (χ0) is 14.8. The zero-order valence-electron chi connectivity index (χ0n) is 12.3. The fourth-order valence-corrected chi connectivity index (χ4v) is 3.18. The maximum absolute atomic E-state index is 12.2. The van der Waals surface area contributed by atoms with Crippen LogP contribution < -0.4 is 10.6 Å². The number of amides is 2. The van der Waals surface area contributed by atoms with E-state index >= 15 is 0 Å². The van der Waals surface area contributed by atoms with Gasteiger partial charge >= 0.3 is 0 Å². The highest BCUT2D eigenvalue weighted by Crippen LogP contribution is 2.19. The molecule has 0 aliphatic carbocycles. The third-order valence-electron chi connectivity index (χ3n) is 4.33. The molecule has 1 saturated heterocycles. The van der Waals surface area contributed by atoms with Crippen molar-refractivity contribution in [1.29, 1.82) is 0 Å². The topological polar surface area (TPSA) is 61.4 Å². The Morgan fingerprint density at radius 1 is 1.33 bits per heavy atom. The molecule has 21 heavy (non-hydrogen) atoms. The Labute approximate surface area is 124 Å². The number of nitrogens with zero attached hydrogens (tertiary/aromatic N) is 1. The van der Waals surface area contributed by atoms with Crippen LogP contribution in [-0.2, 0) is 29.2 Å². The van der Waals surface area contributed by atoms with Gasteiger partial charge in [-0.3, -0.25) is 9.59 Å². The molecule has 3 rings (SSSR count). The van der Waals surface area contributed by atoms with Crippen LogP contribution in [0.15, 0.2) is 18.2 Å². The quantitative estimate of drug-likeness (QED) is 0.869. The van der Waals surface area contributed by atoms with Gasteiger partial charge in [0.15, 0.2) is 0 Å². The lowest BCUT2D eigenvalue weighted by molar-refractivity contribution is -0.136. The second kappa shape index (κ2) is 5.85. The molecule has 5 nitrogen and oxygen atoms in total. The number of carbonyl (C=O) groups is 2. The van der Waals surface area contributed by atoms with Crippen molar-refractivity contribution >= 4 is 11.8 Å². The summed E-state index contributed by atoms with van der Waals surface area (Å²) < 4.78 is 0. The zero-order valence-corrected chi connectivity index (χ0v) is 12.3. The van der Waals surface area contributed by atoms with Crippen molar-refractivity contribution in [1.82, 2.24) is 15.5 Å². The van der Waals surface area contributed by atoms with Gasteiger partial charge in [0.25, 0.3) is 0 Å². The van der Waals surface area contributed by atoms with Crippen LogP contribution in [0.5, 0.6) is 0 Å². The molecule has 5 heteroatoms. The monoisotopic (exact) mass is 287 g/mol. The van der Waals surface area contributed by atoms with E-state index in [2.05, 4.69) is 28.8 Å². The van der Waals surface area contributed by atoms with Crippen molar-refractivity contribution < 1.29 is 9.59 Å². The summed E-state index contributed by atoms with van der Waals surface area (Å²) in [6, 6.07) is 6.03. The largest absolute Gasteiger partial charge is 0.350 e. The van der Waals surface area contributed by atoms with E-state index < -0.39 is 0 Å². The first kappa shape index (κ1) is 14.1. The van der Waals surface area contributed by atoms with Crippen LogP contribution in [0.3, 0.4) is 0 Å². The summed E-state index contributed by atoms with van der Waals surface area (Å²) in [6.07, 6.45) is 1.67. The third kappa shape index (κ3) is 2.93. The van der Waals surface area contributed by atoms with Gasteiger partial charge < -0.3 is 15.5 Å². The normalized spacial score (nSPS) is 20.4. The van der Waals surface area contributed by atoms with Crippen molar-refractivity contribution in [2.75, 3.05) is 6.54 Å². The lowest BCUT2D eigenvalue weighted by Gasteiger charge is -2.22. The van der Waals surface area contributed by atoms with Crippen LogP contribution in [-0.4, -0.2) is 29.3 Å². The molecule has 1 fully saturated rings. The van der Waals surface area contributed by atoms with Crippen LogP contribution in [0.2, 0.25) is 0 Å². The molecule has 2 aliphatic heterocycles. The predicted molar refractivity (Wildman–Crippen MR) is 79.2 cm³/mol. The molecule has 0 radical (unpaired) electrons. The molecule has 1 atom stereocenters. The van der Waals surface area contributed by atoms with E-state index in [4.69, 9.17) is 0 Å². The van der Waals surface area contributed by atoms with Crippen LogP contribution in [0, 0.1) is 0 Å². The van der Waals surface area contributed by atoms with Gasteiger partial charge in [0.1, 0.15) is 6.04 Å². The van der Waals surface area contributed by atoms with Crippen LogP contribution in [0.25, 0.3) is 0 Å². The highest BCUT2D eigenvalue weighted by molar-refractivity contribution is 5.87. The van der Waals surface area contributed by atoms with Gasteiger partial charge in [0.2, 0.25) is 11.8 Å². The Bertz CT molecular complexity index is 571. The van der Waals surface area contributed by atoms with Gasteiger partial charge in [-0.1, -0.05) is 18.2 Å². The second-order valence-corrected chi connectivity index (χ2v) is 5.79. The summed E-state index contributed by atoms with van der Waals surface area (Å²) in [7, 11) is 0. The Hall–Kier alpha value is -1.88. The summed E-state index contributed by atoms with van der Waals surface area (Å²) in [5, 5.41) is 6.27. The second-order valence-electron chi connectivity index (χ2n) is 5.79. The molecule has 0 spiro atoms. The van der Waals surface area contributed by atoms with Crippen molar-refractivity contribution in [2.45, 2.75) is 45.4 Å². The van der Waals surface area contributed by atoms with E-state index in [1.165, 1.54) is 18.1 Å². The first-order chi connectivity index (χ1) is 10.1. The average Bonchev–Trinajstić information content (AvgIpc) is 3.12. The number of rotatable bonds is 3. The van der Waals surface area contributed by atoms with E-state index in [0.29, 0.717) is 13.1 Å². The van der Waals surface area contributed by atoms with Crippen molar-refractivity contribution in [3.8, 4) is 0 Å². The summed E-state index contributed by atoms with van der Waals surface area (Å²) in [5.41, 5.74) is 3.76. The highest BCUT2D eigenvalue weighted by atomic mass is 16.2. The van der Waals surface area contributed by atoms with Crippen molar-refractivity contribution in [3.05, 3.63) is 34.9 Å². The Morgan fingerprint density at radius 2 is 2.14 bits per heavy atom. The maximum Gasteiger partial charge on any atom is 0.243 e. The number of likely N-dealkylation sites (tertiary alicyclic amines) is 1. The third-order valence-corrected chi connectivity index (χ3v) is 4.33. The number of benzene rings is 1. The van der Waals surface area contributed by atoms with Gasteiger partial charge in [0.05, 0.1) is 0 Å². The number of nitrogens with one attached hydrogen (secondary N) is 2. The molecule has 2 N–H and O–H groups in total. The molecule has 0 aromatic heterocycles. The van der Waals surface area contributed by atoms with Gasteiger partial charge in [-0.25, -0.2) is 0 Å². The van der Waals surface area contributed by atoms with E-state index in [9.17, 15) is 9.59 Å². The van der Waals surface area contributed by atoms with E-state index in [1.807, 2.05) is 0 Å². The van der Waals surface area contributed by atoms with Crippen LogP contribution in [0.4, 0.5) is 0 Å². The SMILES string of the molecule is CC(=O)N1CCCC1C(=O)NCc1ccc2c(c1)CNC2. The molecule has 2 heterocycles. The van der Waals surface area contributed by atoms with Gasteiger partial charge in [-0.05, 0) is 29.5 Å².